The molecule has 2 aromatic heterocycles. The summed E-state index contributed by atoms with van der Waals surface area (Å²) in [7, 11) is 0. The number of hydrogen-bond acceptors (Lipinski definition) is 4. The van der Waals surface area contributed by atoms with Gasteiger partial charge in [0.15, 0.2) is 11.3 Å². The van der Waals surface area contributed by atoms with Gasteiger partial charge in [0.1, 0.15) is 17.4 Å². The van der Waals surface area contributed by atoms with Crippen LogP contribution < -0.4 is 10.1 Å². The number of ether oxygens (including phenoxy) is 1. The number of para-hydroxylation sites is 2. The lowest BCUT2D eigenvalue weighted by Crippen LogP contribution is -2.14. The van der Waals surface area contributed by atoms with Crippen LogP contribution in [-0.2, 0) is 0 Å². The quantitative estimate of drug-likeness (QED) is 0.706. The van der Waals surface area contributed by atoms with E-state index in [-0.39, 0.29) is 10.7 Å². The summed E-state index contributed by atoms with van der Waals surface area (Å²) in [5.74, 6) is 0.114. The Morgan fingerprint density at radius 2 is 2.16 bits per heavy atom. The normalized spacial score (nSPS) is 10.7. The van der Waals surface area contributed by atoms with Crippen molar-refractivity contribution in [2.45, 2.75) is 13.8 Å². The predicted molar refractivity (Wildman–Crippen MR) is 97.6 cm³/mol. The molecule has 7 heteroatoms. The number of nitrogens with zero attached hydrogens (tertiary/aromatic N) is 3. The molecule has 0 aliphatic rings. The van der Waals surface area contributed by atoms with Crippen LogP contribution in [0.15, 0.2) is 43.0 Å². The highest BCUT2D eigenvalue weighted by atomic mass is 35.5. The van der Waals surface area contributed by atoms with E-state index in [1.807, 2.05) is 26.0 Å². The molecule has 2 heterocycles. The van der Waals surface area contributed by atoms with Gasteiger partial charge in [-0.1, -0.05) is 36.4 Å². The van der Waals surface area contributed by atoms with E-state index in [1.54, 1.807) is 28.8 Å². The lowest BCUT2D eigenvalue weighted by Gasteiger charge is -2.10. The first-order chi connectivity index (χ1) is 12.0. The molecule has 1 N–H and O–H groups in total. The summed E-state index contributed by atoms with van der Waals surface area (Å²) in [6.07, 6.45) is 1.63. The fourth-order valence-electron chi connectivity index (χ4n) is 2.47. The zero-order valence-corrected chi connectivity index (χ0v) is 14.7. The first-order valence-electron chi connectivity index (χ1n) is 7.68. The smallest absolute Gasteiger partial charge is 0.277 e. The van der Waals surface area contributed by atoms with Crippen LogP contribution in [0.5, 0.6) is 5.75 Å². The van der Waals surface area contributed by atoms with Gasteiger partial charge in [-0.3, -0.25) is 4.79 Å². The second-order valence-corrected chi connectivity index (χ2v) is 5.86. The molecule has 0 bridgehead atoms. The van der Waals surface area contributed by atoms with E-state index in [0.29, 0.717) is 23.7 Å². The Hall–Kier alpha value is -2.86. The average molecular weight is 357 g/mol. The van der Waals surface area contributed by atoms with Crippen molar-refractivity contribution in [2.75, 3.05) is 11.9 Å². The van der Waals surface area contributed by atoms with Crippen molar-refractivity contribution in [3.05, 3.63) is 65.1 Å². The number of nitrogens with one attached hydrogen (secondary N) is 1. The monoisotopic (exact) mass is 356 g/mol. The number of rotatable bonds is 5. The molecule has 0 atom stereocenters. The number of halogens is 1. The Labute approximate surface area is 150 Å². The van der Waals surface area contributed by atoms with E-state index in [0.717, 1.165) is 11.4 Å². The topological polar surface area (TPSA) is 68.5 Å². The van der Waals surface area contributed by atoms with Gasteiger partial charge in [0.2, 0.25) is 0 Å². The third-order valence-corrected chi connectivity index (χ3v) is 3.89. The number of carbonyl (C=O) groups excluding carboxylic acids is 1. The maximum absolute atomic E-state index is 12.7. The van der Waals surface area contributed by atoms with E-state index in [9.17, 15) is 4.79 Å². The molecule has 0 saturated carbocycles. The van der Waals surface area contributed by atoms with Crippen molar-refractivity contribution in [2.24, 2.45) is 0 Å². The largest absolute Gasteiger partial charge is 0.487 e. The molecular formula is C18H17ClN4O2. The number of amides is 1. The van der Waals surface area contributed by atoms with E-state index in [4.69, 9.17) is 16.3 Å². The van der Waals surface area contributed by atoms with Gasteiger partial charge in [-0.15, -0.1) is 0 Å². The van der Waals surface area contributed by atoms with Crippen LogP contribution in [-0.4, -0.2) is 27.1 Å². The number of fused-ring (bicyclic) bond motifs is 1. The summed E-state index contributed by atoms with van der Waals surface area (Å²) in [5, 5.41) is 7.30. The summed E-state index contributed by atoms with van der Waals surface area (Å²) in [4.78, 5) is 17.0. The van der Waals surface area contributed by atoms with Crippen molar-refractivity contribution in [1.82, 2.24) is 14.6 Å². The molecule has 0 saturated heterocycles. The Morgan fingerprint density at radius 3 is 2.92 bits per heavy atom. The molecule has 3 rings (SSSR count). The fraction of sp³-hybridized carbons (Fsp3) is 0.167. The van der Waals surface area contributed by atoms with Crippen LogP contribution in [0.1, 0.15) is 21.9 Å². The van der Waals surface area contributed by atoms with Gasteiger partial charge in [0.25, 0.3) is 5.91 Å². The predicted octanol–water partition coefficient (Wildman–Crippen LogP) is 3.82. The summed E-state index contributed by atoms with van der Waals surface area (Å²) < 4.78 is 7.10. The average Bonchev–Trinajstić information content (AvgIpc) is 2.91. The lowest BCUT2D eigenvalue weighted by atomic mass is 10.2. The van der Waals surface area contributed by atoms with E-state index in [2.05, 4.69) is 22.0 Å². The Morgan fingerprint density at radius 1 is 1.40 bits per heavy atom. The van der Waals surface area contributed by atoms with Crippen LogP contribution in [0.3, 0.4) is 0 Å². The fourth-order valence-corrected chi connectivity index (χ4v) is 2.71. The zero-order valence-electron chi connectivity index (χ0n) is 13.9. The number of benzene rings is 1. The summed E-state index contributed by atoms with van der Waals surface area (Å²) in [6.45, 7) is 7.70. The Bertz CT molecular complexity index is 965. The van der Waals surface area contributed by atoms with Gasteiger partial charge >= 0.3 is 0 Å². The van der Waals surface area contributed by atoms with Gasteiger partial charge < -0.3 is 10.1 Å². The maximum atomic E-state index is 12.7. The molecule has 128 valence electrons. The summed E-state index contributed by atoms with van der Waals surface area (Å²) in [5.41, 5.74) is 2.75. The van der Waals surface area contributed by atoms with Crippen LogP contribution in [0.25, 0.3) is 5.65 Å². The standard InChI is InChI=1S/C18H17ClN4O2/c1-4-9-25-14-8-6-5-7-13(14)21-18(24)16-15(19)17-20-11(2)10-12(3)23(17)22-16/h4-8,10H,1,9H2,2-3H3,(H,21,24). The summed E-state index contributed by atoms with van der Waals surface area (Å²) in [6, 6.07) is 9.00. The molecule has 25 heavy (non-hydrogen) atoms. The molecule has 1 aromatic carbocycles. The third kappa shape index (κ3) is 3.34. The molecule has 6 nitrogen and oxygen atoms in total. The number of hydrogen-bond donors (Lipinski definition) is 1. The van der Waals surface area contributed by atoms with Crippen LogP contribution in [0.4, 0.5) is 5.69 Å². The molecule has 0 radical (unpaired) electrons. The lowest BCUT2D eigenvalue weighted by molar-refractivity contribution is 0.102. The van der Waals surface area contributed by atoms with Crippen LogP contribution in [0, 0.1) is 13.8 Å². The molecule has 1 amide bonds. The second kappa shape index (κ2) is 6.94. The minimum absolute atomic E-state index is 0.112. The third-order valence-electron chi connectivity index (χ3n) is 3.55. The van der Waals surface area contributed by atoms with E-state index < -0.39 is 5.91 Å². The molecular weight excluding hydrogens is 340 g/mol. The Kier molecular flexibility index (Phi) is 4.72. The van der Waals surface area contributed by atoms with Crippen molar-refractivity contribution in [3.63, 3.8) is 0 Å². The zero-order chi connectivity index (χ0) is 18.0. The minimum Gasteiger partial charge on any atom is -0.487 e. The molecule has 0 spiro atoms. The molecule has 0 unspecified atom stereocenters. The first-order valence-corrected chi connectivity index (χ1v) is 8.05. The van der Waals surface area contributed by atoms with Gasteiger partial charge in [0, 0.05) is 11.4 Å². The molecule has 3 aromatic rings. The van der Waals surface area contributed by atoms with Gasteiger partial charge in [-0.05, 0) is 32.0 Å². The number of anilines is 1. The summed E-state index contributed by atoms with van der Waals surface area (Å²) >= 11 is 6.33. The highest BCUT2D eigenvalue weighted by Gasteiger charge is 2.21. The van der Waals surface area contributed by atoms with Crippen molar-refractivity contribution >= 4 is 28.8 Å². The van der Waals surface area contributed by atoms with E-state index >= 15 is 0 Å². The highest BCUT2D eigenvalue weighted by Crippen LogP contribution is 2.27. The number of carbonyl (C=O) groups is 1. The van der Waals surface area contributed by atoms with Crippen LogP contribution >= 0.6 is 11.6 Å². The number of aryl methyl sites for hydroxylation is 2. The minimum atomic E-state index is -0.429. The maximum Gasteiger partial charge on any atom is 0.277 e. The Balaban J connectivity index is 1.95. The van der Waals surface area contributed by atoms with Crippen molar-refractivity contribution in [1.29, 1.82) is 0 Å². The second-order valence-electron chi connectivity index (χ2n) is 5.49. The number of aromatic nitrogens is 3. The molecule has 0 fully saturated rings. The van der Waals surface area contributed by atoms with Crippen LogP contribution in [0.2, 0.25) is 5.02 Å². The van der Waals surface area contributed by atoms with Gasteiger partial charge in [-0.2, -0.15) is 5.10 Å². The molecule has 0 aliphatic heterocycles. The van der Waals surface area contributed by atoms with Gasteiger partial charge in [-0.25, -0.2) is 9.50 Å². The van der Waals surface area contributed by atoms with Crippen molar-refractivity contribution < 1.29 is 9.53 Å². The molecule has 0 aliphatic carbocycles. The highest BCUT2D eigenvalue weighted by molar-refractivity contribution is 6.37. The van der Waals surface area contributed by atoms with Gasteiger partial charge in [0.05, 0.1) is 5.69 Å². The first kappa shape index (κ1) is 17.0. The van der Waals surface area contributed by atoms with E-state index in [1.165, 1.54) is 0 Å². The van der Waals surface area contributed by atoms with Crippen molar-refractivity contribution in [3.8, 4) is 5.75 Å². The SMILES string of the molecule is C=CCOc1ccccc1NC(=O)c1nn2c(C)cc(C)nc2c1Cl.